The summed E-state index contributed by atoms with van der Waals surface area (Å²) in [6.07, 6.45) is 38.0. The summed E-state index contributed by atoms with van der Waals surface area (Å²) in [4.78, 5) is 42.7. The number of nitrogens with zero attached hydrogens (tertiary/aromatic N) is 2. The molecule has 0 aromatic carbocycles. The maximum Gasteiger partial charge on any atom is 0.323 e. The molecule has 2 atom stereocenters. The highest BCUT2D eigenvalue weighted by Crippen LogP contribution is 2.24. The fraction of sp³-hybridized carbons (Fsp3) is 0.925. The molecule has 11 heteroatoms. The standard InChI is InChI=1S/C53H101N3O7S/c1-6-9-12-15-18-19-20-25-33-42-61-50(57)38-31-27-32-41-56-46-48(60-44-35-40-54-53(64)55(4)5)45-49(56)52(59)62-43-34-26-21-24-30-39-51(58)63-47(36-28-22-16-13-10-7-2)37-29-23-17-14-11-8-3/h47-49H,6-46H2,1-5H3,(H,54,64)/t48?,49-/m0/s1. The van der Waals surface area contributed by atoms with Crippen LogP contribution in [0, 0.1) is 0 Å². The maximum atomic E-state index is 13.4. The van der Waals surface area contributed by atoms with Crippen LogP contribution in [-0.4, -0.2) is 105 Å². The summed E-state index contributed by atoms with van der Waals surface area (Å²) in [5.41, 5.74) is 0. The normalized spacial score (nSPS) is 15.2. The highest BCUT2D eigenvalue weighted by Gasteiger charge is 2.38. The first kappa shape index (κ1) is 60.0. The molecule has 1 unspecified atom stereocenters. The van der Waals surface area contributed by atoms with Gasteiger partial charge in [0.05, 0.1) is 19.3 Å². The number of likely N-dealkylation sites (tertiary alicyclic amines) is 1. The summed E-state index contributed by atoms with van der Waals surface area (Å²) in [6, 6.07) is -0.317. The Bertz CT molecular complexity index is 1110. The van der Waals surface area contributed by atoms with Crippen LogP contribution >= 0.6 is 12.2 Å². The van der Waals surface area contributed by atoms with E-state index in [2.05, 4.69) is 31.0 Å². The van der Waals surface area contributed by atoms with Crippen molar-refractivity contribution < 1.29 is 33.3 Å². The van der Waals surface area contributed by atoms with Gasteiger partial charge in [0.15, 0.2) is 5.11 Å². The molecule has 0 bridgehead atoms. The first-order valence-corrected chi connectivity index (χ1v) is 27.4. The lowest BCUT2D eigenvalue weighted by Gasteiger charge is -2.22. The van der Waals surface area contributed by atoms with Gasteiger partial charge in [-0.2, -0.15) is 0 Å². The van der Waals surface area contributed by atoms with Gasteiger partial charge in [-0.25, -0.2) is 0 Å². The Hall–Kier alpha value is -1.98. The van der Waals surface area contributed by atoms with Gasteiger partial charge in [0.1, 0.15) is 12.1 Å². The summed E-state index contributed by atoms with van der Waals surface area (Å²) in [6.45, 7) is 10.5. The SMILES string of the molecule is CCCCCCCCCCCOC(=O)CCCCCN1CC(OCCCNC(=S)N(C)C)C[C@H]1C(=O)OCCCCCCCC(=O)OC(CCCCCCCC)CCCCCCCC. The van der Waals surface area contributed by atoms with Crippen LogP contribution in [0.2, 0.25) is 0 Å². The third-order valence-corrected chi connectivity index (χ3v) is 13.2. The van der Waals surface area contributed by atoms with Gasteiger partial charge < -0.3 is 29.2 Å². The predicted molar refractivity (Wildman–Crippen MR) is 270 cm³/mol. The quantitative estimate of drug-likeness (QED) is 0.0273. The van der Waals surface area contributed by atoms with Gasteiger partial charge in [-0.15, -0.1) is 0 Å². The van der Waals surface area contributed by atoms with Gasteiger partial charge >= 0.3 is 17.9 Å². The number of hydrogen-bond acceptors (Lipinski definition) is 9. The van der Waals surface area contributed by atoms with Gasteiger partial charge in [-0.1, -0.05) is 162 Å². The molecule has 10 nitrogen and oxygen atoms in total. The van der Waals surface area contributed by atoms with Crippen LogP contribution < -0.4 is 5.32 Å². The topological polar surface area (TPSA) is 107 Å². The predicted octanol–water partition coefficient (Wildman–Crippen LogP) is 13.2. The van der Waals surface area contributed by atoms with Crippen molar-refractivity contribution >= 4 is 35.2 Å². The van der Waals surface area contributed by atoms with E-state index in [1.165, 1.54) is 109 Å². The summed E-state index contributed by atoms with van der Waals surface area (Å²) in [5, 5.41) is 3.95. The van der Waals surface area contributed by atoms with E-state index in [-0.39, 0.29) is 36.2 Å². The Morgan fingerprint density at radius 1 is 0.578 bits per heavy atom. The Balaban J connectivity index is 2.40. The number of carbonyl (C=O) groups excluding carboxylic acids is 3. The third kappa shape index (κ3) is 35.2. The summed E-state index contributed by atoms with van der Waals surface area (Å²) in [7, 11) is 3.85. The zero-order chi connectivity index (χ0) is 46.7. The van der Waals surface area contributed by atoms with E-state index in [1.54, 1.807) is 0 Å². The van der Waals surface area contributed by atoms with Crippen molar-refractivity contribution in [2.24, 2.45) is 0 Å². The molecule has 0 radical (unpaired) electrons. The van der Waals surface area contributed by atoms with Gasteiger partial charge in [0.25, 0.3) is 0 Å². The fourth-order valence-corrected chi connectivity index (χ4v) is 8.67. The minimum atomic E-state index is -0.317. The van der Waals surface area contributed by atoms with Gasteiger partial charge in [-0.3, -0.25) is 19.3 Å². The second-order valence-corrected chi connectivity index (χ2v) is 19.4. The third-order valence-electron chi connectivity index (χ3n) is 12.7. The van der Waals surface area contributed by atoms with Crippen LogP contribution in [0.4, 0.5) is 0 Å². The monoisotopic (exact) mass is 924 g/mol. The highest BCUT2D eigenvalue weighted by atomic mass is 32.1. The number of thiocarbonyl (C=S) groups is 1. The number of unbranched alkanes of at least 4 members (excludes halogenated alkanes) is 24. The second kappa shape index (κ2) is 43.6. The van der Waals surface area contributed by atoms with Crippen molar-refractivity contribution in [2.75, 3.05) is 53.6 Å². The molecule has 1 N–H and O–H groups in total. The minimum absolute atomic E-state index is 0.0255. The molecule has 1 rings (SSSR count). The number of nitrogens with one attached hydrogen (secondary N) is 1. The van der Waals surface area contributed by atoms with Crippen molar-refractivity contribution in [2.45, 2.75) is 264 Å². The number of rotatable bonds is 45. The van der Waals surface area contributed by atoms with Crippen LogP contribution in [0.3, 0.4) is 0 Å². The molecule has 0 aromatic heterocycles. The first-order chi connectivity index (χ1) is 31.2. The average molecular weight is 924 g/mol. The van der Waals surface area contributed by atoms with E-state index < -0.39 is 0 Å². The zero-order valence-corrected chi connectivity index (χ0v) is 43.2. The van der Waals surface area contributed by atoms with Crippen molar-refractivity contribution in [3.05, 3.63) is 0 Å². The smallest absolute Gasteiger partial charge is 0.323 e. The van der Waals surface area contributed by atoms with Gasteiger partial charge in [0, 0.05) is 53.1 Å². The molecule has 0 amide bonds. The van der Waals surface area contributed by atoms with Crippen LogP contribution in [-0.2, 0) is 33.3 Å². The fourth-order valence-electron chi connectivity index (χ4n) is 8.56. The molecule has 1 fully saturated rings. The molecule has 376 valence electrons. The average Bonchev–Trinajstić information content (AvgIpc) is 3.69. The van der Waals surface area contributed by atoms with Crippen molar-refractivity contribution in [1.82, 2.24) is 15.1 Å². The Morgan fingerprint density at radius 2 is 1.05 bits per heavy atom. The Morgan fingerprint density at radius 3 is 1.59 bits per heavy atom. The number of esters is 3. The van der Waals surface area contributed by atoms with Crippen LogP contribution in [0.1, 0.15) is 245 Å². The van der Waals surface area contributed by atoms with E-state index >= 15 is 0 Å². The number of ether oxygens (including phenoxy) is 4. The zero-order valence-electron chi connectivity index (χ0n) is 42.4. The van der Waals surface area contributed by atoms with Gasteiger partial charge in [-0.05, 0) is 83.0 Å². The van der Waals surface area contributed by atoms with E-state index in [0.717, 1.165) is 109 Å². The first-order valence-electron chi connectivity index (χ1n) is 27.0. The molecule has 1 aliphatic rings. The van der Waals surface area contributed by atoms with E-state index in [0.29, 0.717) is 50.7 Å². The summed E-state index contributed by atoms with van der Waals surface area (Å²) in [5.74, 6) is -0.296. The lowest BCUT2D eigenvalue weighted by atomic mass is 10.0. The molecule has 0 spiro atoms. The van der Waals surface area contributed by atoms with Crippen LogP contribution in [0.15, 0.2) is 0 Å². The molecule has 0 saturated carbocycles. The molecule has 0 aliphatic carbocycles. The second-order valence-electron chi connectivity index (χ2n) is 19.0. The summed E-state index contributed by atoms with van der Waals surface area (Å²) < 4.78 is 23.6. The van der Waals surface area contributed by atoms with Crippen molar-refractivity contribution in [1.29, 1.82) is 0 Å². The number of carbonyl (C=O) groups is 3. The van der Waals surface area contributed by atoms with Crippen LogP contribution in [0.5, 0.6) is 0 Å². The Labute approximate surface area is 399 Å². The highest BCUT2D eigenvalue weighted by molar-refractivity contribution is 7.80. The molecule has 1 aliphatic heterocycles. The lowest BCUT2D eigenvalue weighted by molar-refractivity contribution is -0.150. The van der Waals surface area contributed by atoms with Crippen molar-refractivity contribution in [3.8, 4) is 0 Å². The van der Waals surface area contributed by atoms with E-state index in [9.17, 15) is 14.4 Å². The molecule has 64 heavy (non-hydrogen) atoms. The molecular weight excluding hydrogens is 823 g/mol. The molecule has 1 saturated heterocycles. The molecule has 0 aromatic rings. The number of hydrogen-bond donors (Lipinski definition) is 1. The Kier molecular flexibility index (Phi) is 40.9. The molecular formula is C53H101N3O7S. The van der Waals surface area contributed by atoms with E-state index in [1.807, 2.05) is 19.0 Å². The summed E-state index contributed by atoms with van der Waals surface area (Å²) >= 11 is 5.32. The van der Waals surface area contributed by atoms with Crippen LogP contribution in [0.25, 0.3) is 0 Å². The van der Waals surface area contributed by atoms with Gasteiger partial charge in [0.2, 0.25) is 0 Å². The molecule has 1 heterocycles. The largest absolute Gasteiger partial charge is 0.466 e. The minimum Gasteiger partial charge on any atom is -0.466 e. The lowest BCUT2D eigenvalue weighted by Crippen LogP contribution is -2.38. The van der Waals surface area contributed by atoms with E-state index in [4.69, 9.17) is 31.2 Å². The van der Waals surface area contributed by atoms with Crippen molar-refractivity contribution in [3.63, 3.8) is 0 Å². The maximum absolute atomic E-state index is 13.4.